The summed E-state index contributed by atoms with van der Waals surface area (Å²) in [6, 6.07) is 13.8. The van der Waals surface area contributed by atoms with Crippen LogP contribution in [0.25, 0.3) is 11.2 Å². The molecule has 156 valence electrons. The predicted molar refractivity (Wildman–Crippen MR) is 111 cm³/mol. The van der Waals surface area contributed by atoms with Crippen molar-refractivity contribution in [2.75, 3.05) is 0 Å². The Balaban J connectivity index is 1.44. The molecule has 0 spiro atoms. The summed E-state index contributed by atoms with van der Waals surface area (Å²) in [7, 11) is 0. The van der Waals surface area contributed by atoms with E-state index in [2.05, 4.69) is 31.7 Å². The van der Waals surface area contributed by atoms with Crippen LogP contribution in [0.2, 0.25) is 0 Å². The molecule has 8 nitrogen and oxygen atoms in total. The van der Waals surface area contributed by atoms with Gasteiger partial charge in [0.2, 0.25) is 5.82 Å². The Morgan fingerprint density at radius 3 is 2.84 bits per heavy atom. The van der Waals surface area contributed by atoms with Crippen LogP contribution < -0.4 is 10.9 Å². The number of nitrogens with zero attached hydrogens (tertiary/aromatic N) is 4. The Bertz CT molecular complexity index is 1330. The van der Waals surface area contributed by atoms with Crippen molar-refractivity contribution in [2.45, 2.75) is 31.8 Å². The monoisotopic (exact) mass is 418 g/mol. The van der Waals surface area contributed by atoms with Gasteiger partial charge in [0.1, 0.15) is 5.82 Å². The van der Waals surface area contributed by atoms with Gasteiger partial charge in [0, 0.05) is 0 Å². The van der Waals surface area contributed by atoms with Crippen molar-refractivity contribution < 1.29 is 9.18 Å². The van der Waals surface area contributed by atoms with Gasteiger partial charge in [-0.3, -0.25) is 9.59 Å². The highest BCUT2D eigenvalue weighted by Gasteiger charge is 2.24. The molecule has 0 unspecified atom stereocenters. The van der Waals surface area contributed by atoms with Gasteiger partial charge in [0.15, 0.2) is 11.2 Å². The number of fused-ring (bicyclic) bond motifs is 2. The van der Waals surface area contributed by atoms with E-state index in [-0.39, 0.29) is 35.4 Å². The molecule has 5 rings (SSSR count). The quantitative estimate of drug-likeness (QED) is 0.530. The number of rotatable bonds is 4. The van der Waals surface area contributed by atoms with Crippen molar-refractivity contribution in [3.63, 3.8) is 0 Å². The van der Waals surface area contributed by atoms with Gasteiger partial charge in [-0.05, 0) is 48.1 Å². The summed E-state index contributed by atoms with van der Waals surface area (Å²) in [4.78, 5) is 32.2. The van der Waals surface area contributed by atoms with Crippen LogP contribution in [0.3, 0.4) is 0 Å². The standard InChI is InChI=1S/C22H19FN6O2/c23-15-10-8-13(9-11-15)12-29-20-18(27-28-29)21(30)26-19(25-20)22(31)24-17-7-3-5-14-4-1-2-6-16(14)17/h1-2,4,6,8-11,17H,3,5,7,12H2,(H,24,31)(H,25,26,30)/t17-/m0/s1. The first-order valence-electron chi connectivity index (χ1n) is 10.0. The van der Waals surface area contributed by atoms with Gasteiger partial charge in [0.25, 0.3) is 11.5 Å². The number of aromatic amines is 1. The number of aromatic nitrogens is 5. The first kappa shape index (κ1) is 19.1. The lowest BCUT2D eigenvalue weighted by molar-refractivity contribution is 0.0922. The van der Waals surface area contributed by atoms with Crippen LogP contribution >= 0.6 is 0 Å². The van der Waals surface area contributed by atoms with Crippen molar-refractivity contribution in [3.05, 3.63) is 87.2 Å². The Morgan fingerprint density at radius 1 is 1.19 bits per heavy atom. The number of benzene rings is 2. The molecular formula is C22H19FN6O2. The molecule has 0 aliphatic heterocycles. The summed E-state index contributed by atoms with van der Waals surface area (Å²) in [5, 5.41) is 10.8. The molecule has 2 heterocycles. The highest BCUT2D eigenvalue weighted by Crippen LogP contribution is 2.29. The van der Waals surface area contributed by atoms with Crippen molar-refractivity contribution in [1.82, 2.24) is 30.3 Å². The number of halogens is 1. The summed E-state index contributed by atoms with van der Waals surface area (Å²) in [5.74, 6) is -0.900. The van der Waals surface area contributed by atoms with E-state index in [4.69, 9.17) is 0 Å². The molecule has 0 saturated carbocycles. The van der Waals surface area contributed by atoms with Crippen LogP contribution in [0.4, 0.5) is 4.39 Å². The Labute approximate surface area is 176 Å². The lowest BCUT2D eigenvalue weighted by atomic mass is 9.88. The third kappa shape index (κ3) is 3.70. The normalized spacial score (nSPS) is 15.6. The van der Waals surface area contributed by atoms with Gasteiger partial charge in [-0.15, -0.1) is 5.10 Å². The van der Waals surface area contributed by atoms with Gasteiger partial charge >= 0.3 is 0 Å². The van der Waals surface area contributed by atoms with Crippen LogP contribution in [-0.4, -0.2) is 30.9 Å². The van der Waals surface area contributed by atoms with Crippen molar-refractivity contribution in [3.8, 4) is 0 Å². The SMILES string of the molecule is O=C(N[C@H]1CCCc2ccccc21)c1nc2c(nnn2Cc2ccc(F)cc2)c(=O)[nH]1. The molecule has 0 bridgehead atoms. The van der Waals surface area contributed by atoms with Crippen LogP contribution in [0.5, 0.6) is 0 Å². The number of aryl methyl sites for hydroxylation is 1. The molecular weight excluding hydrogens is 399 g/mol. The van der Waals surface area contributed by atoms with E-state index in [1.54, 1.807) is 12.1 Å². The summed E-state index contributed by atoms with van der Waals surface area (Å²) in [5.41, 5.74) is 2.78. The first-order valence-corrected chi connectivity index (χ1v) is 10.0. The maximum Gasteiger partial charge on any atom is 0.287 e. The number of amides is 1. The zero-order valence-electron chi connectivity index (χ0n) is 16.5. The first-order chi connectivity index (χ1) is 15.1. The molecule has 0 saturated heterocycles. The number of carbonyl (C=O) groups excluding carboxylic acids is 1. The second-order valence-corrected chi connectivity index (χ2v) is 7.58. The fraction of sp³-hybridized carbons (Fsp3) is 0.227. The van der Waals surface area contributed by atoms with Crippen molar-refractivity contribution in [2.24, 2.45) is 0 Å². The second kappa shape index (κ2) is 7.75. The van der Waals surface area contributed by atoms with E-state index in [0.29, 0.717) is 0 Å². The zero-order chi connectivity index (χ0) is 21.4. The highest BCUT2D eigenvalue weighted by molar-refractivity contribution is 5.92. The van der Waals surface area contributed by atoms with Gasteiger partial charge in [-0.2, -0.15) is 0 Å². The lowest BCUT2D eigenvalue weighted by Crippen LogP contribution is -2.33. The summed E-state index contributed by atoms with van der Waals surface area (Å²) in [6.07, 6.45) is 2.77. The number of nitrogens with one attached hydrogen (secondary N) is 2. The van der Waals surface area contributed by atoms with E-state index in [1.807, 2.05) is 18.2 Å². The molecule has 0 fully saturated rings. The van der Waals surface area contributed by atoms with Gasteiger partial charge in [0.05, 0.1) is 12.6 Å². The predicted octanol–water partition coefficient (Wildman–Crippen LogP) is 2.51. The molecule has 9 heteroatoms. The number of H-pyrrole nitrogens is 1. The number of hydrogen-bond donors (Lipinski definition) is 2. The second-order valence-electron chi connectivity index (χ2n) is 7.58. The average molecular weight is 418 g/mol. The van der Waals surface area contributed by atoms with E-state index < -0.39 is 11.5 Å². The average Bonchev–Trinajstić information content (AvgIpc) is 3.19. The zero-order valence-corrected chi connectivity index (χ0v) is 16.5. The molecule has 31 heavy (non-hydrogen) atoms. The number of hydrogen-bond acceptors (Lipinski definition) is 5. The van der Waals surface area contributed by atoms with E-state index in [1.165, 1.54) is 22.4 Å². The minimum atomic E-state index is -0.537. The topological polar surface area (TPSA) is 106 Å². The Morgan fingerprint density at radius 2 is 2.00 bits per heavy atom. The van der Waals surface area contributed by atoms with Gasteiger partial charge in [-0.1, -0.05) is 41.6 Å². The molecule has 2 N–H and O–H groups in total. The maximum absolute atomic E-state index is 13.2. The smallest absolute Gasteiger partial charge is 0.287 e. The van der Waals surface area contributed by atoms with Crippen LogP contribution in [0.1, 0.15) is 46.2 Å². The van der Waals surface area contributed by atoms with Crippen molar-refractivity contribution >= 4 is 17.1 Å². The molecule has 0 radical (unpaired) electrons. The molecule has 1 aliphatic carbocycles. The molecule has 4 aromatic rings. The van der Waals surface area contributed by atoms with Crippen LogP contribution in [0.15, 0.2) is 53.3 Å². The lowest BCUT2D eigenvalue weighted by Gasteiger charge is -2.26. The maximum atomic E-state index is 13.2. The van der Waals surface area contributed by atoms with Crippen molar-refractivity contribution in [1.29, 1.82) is 0 Å². The molecule has 2 aromatic heterocycles. The minimum absolute atomic E-state index is 0.0432. The summed E-state index contributed by atoms with van der Waals surface area (Å²) >= 11 is 0. The highest BCUT2D eigenvalue weighted by atomic mass is 19.1. The molecule has 1 aliphatic rings. The largest absolute Gasteiger partial charge is 0.343 e. The van der Waals surface area contributed by atoms with Gasteiger partial charge in [-0.25, -0.2) is 14.1 Å². The van der Waals surface area contributed by atoms with Gasteiger partial charge < -0.3 is 10.3 Å². The van der Waals surface area contributed by atoms with E-state index in [0.717, 1.165) is 30.4 Å². The van der Waals surface area contributed by atoms with Crippen LogP contribution in [-0.2, 0) is 13.0 Å². The Hall–Kier alpha value is -3.88. The minimum Gasteiger partial charge on any atom is -0.343 e. The Kier molecular flexibility index (Phi) is 4.78. The molecule has 2 aromatic carbocycles. The fourth-order valence-electron chi connectivity index (χ4n) is 3.97. The summed E-state index contributed by atoms with van der Waals surface area (Å²) < 4.78 is 14.6. The van der Waals surface area contributed by atoms with E-state index >= 15 is 0 Å². The summed E-state index contributed by atoms with van der Waals surface area (Å²) in [6.45, 7) is 0.240. The van der Waals surface area contributed by atoms with E-state index in [9.17, 15) is 14.0 Å². The number of carbonyl (C=O) groups is 1. The fourth-order valence-corrected chi connectivity index (χ4v) is 3.97. The third-order valence-corrected chi connectivity index (χ3v) is 5.51. The molecule has 1 amide bonds. The van der Waals surface area contributed by atoms with Crippen LogP contribution in [0, 0.1) is 5.82 Å². The third-order valence-electron chi connectivity index (χ3n) is 5.51. The molecule has 1 atom stereocenters.